The fraction of sp³-hybridized carbons (Fsp3) is 0.222. The molecule has 5 heteroatoms. The summed E-state index contributed by atoms with van der Waals surface area (Å²) in [6.45, 7) is 16.0. The van der Waals surface area contributed by atoms with Gasteiger partial charge < -0.3 is 9.84 Å². The smallest absolute Gasteiger partial charge is 0.187 e. The third kappa shape index (κ3) is 7.22. The molecule has 23 heavy (non-hydrogen) atoms. The zero-order valence-corrected chi connectivity index (χ0v) is 13.5. The largest absolute Gasteiger partial charge is 0.508 e. The Morgan fingerprint density at radius 2 is 1.48 bits per heavy atom. The number of phenols is 1. The number of hydrogen-bond donors (Lipinski definition) is 1. The highest BCUT2D eigenvalue weighted by Gasteiger charge is 2.01. The van der Waals surface area contributed by atoms with Gasteiger partial charge in [0.25, 0.3) is 0 Å². The van der Waals surface area contributed by atoms with E-state index in [9.17, 15) is 0 Å². The topological polar surface area (TPSA) is 38.2 Å². The molecule has 0 aliphatic heterocycles. The van der Waals surface area contributed by atoms with Crippen LogP contribution in [0.4, 0.5) is 11.4 Å². The first-order chi connectivity index (χ1) is 11.1. The highest BCUT2D eigenvalue weighted by Crippen LogP contribution is 2.18. The van der Waals surface area contributed by atoms with E-state index in [0.717, 1.165) is 5.75 Å². The Hall–Kier alpha value is -2.69. The van der Waals surface area contributed by atoms with Gasteiger partial charge in [-0.15, -0.1) is 11.6 Å². The minimum atomic E-state index is 0.197. The Balaban J connectivity index is 0.000000253. The standard InChI is InChI=1S/C11H12ClNO.C7H5NO/c1-9(7-12)8-14-11-5-3-10(13-2)4-6-11;1-8-6-2-4-7(9)5-3-6/h3-6,9H,7-8H2,1H3;2-5,9H. The van der Waals surface area contributed by atoms with Crippen molar-refractivity contribution in [1.82, 2.24) is 0 Å². The van der Waals surface area contributed by atoms with Crippen LogP contribution in [-0.2, 0) is 0 Å². The lowest BCUT2D eigenvalue weighted by Crippen LogP contribution is -2.09. The van der Waals surface area contributed by atoms with E-state index >= 15 is 0 Å². The Kier molecular flexibility index (Phi) is 8.07. The maximum atomic E-state index is 8.75. The minimum absolute atomic E-state index is 0.197. The predicted octanol–water partition coefficient (Wildman–Crippen LogP) is 5.43. The molecule has 0 radical (unpaired) electrons. The van der Waals surface area contributed by atoms with Crippen molar-refractivity contribution in [2.24, 2.45) is 5.92 Å². The lowest BCUT2D eigenvalue weighted by atomic mass is 10.2. The molecular weight excluding hydrogens is 312 g/mol. The number of alkyl halides is 1. The monoisotopic (exact) mass is 328 g/mol. The summed E-state index contributed by atoms with van der Waals surface area (Å²) in [7, 11) is 0. The van der Waals surface area contributed by atoms with Crippen LogP contribution in [0.15, 0.2) is 48.5 Å². The van der Waals surface area contributed by atoms with Crippen LogP contribution in [0.25, 0.3) is 9.69 Å². The average molecular weight is 329 g/mol. The summed E-state index contributed by atoms with van der Waals surface area (Å²) in [5.74, 6) is 1.93. The van der Waals surface area contributed by atoms with Gasteiger partial charge in [0.05, 0.1) is 19.8 Å². The van der Waals surface area contributed by atoms with Crippen molar-refractivity contribution in [1.29, 1.82) is 0 Å². The molecule has 0 aromatic heterocycles. The Morgan fingerprint density at radius 3 is 1.91 bits per heavy atom. The van der Waals surface area contributed by atoms with E-state index < -0.39 is 0 Å². The highest BCUT2D eigenvalue weighted by atomic mass is 35.5. The first-order valence-corrected chi connectivity index (χ1v) is 7.45. The SMILES string of the molecule is [C-]#[N+]c1ccc(O)cc1.[C-]#[N+]c1ccc(OCC(C)CCl)cc1. The van der Waals surface area contributed by atoms with Gasteiger partial charge in [-0.3, -0.25) is 0 Å². The molecule has 0 bridgehead atoms. The number of nitrogens with zero attached hydrogens (tertiary/aromatic N) is 2. The lowest BCUT2D eigenvalue weighted by molar-refractivity contribution is 0.273. The van der Waals surface area contributed by atoms with E-state index in [1.54, 1.807) is 36.4 Å². The van der Waals surface area contributed by atoms with E-state index in [0.29, 0.717) is 29.8 Å². The van der Waals surface area contributed by atoms with Crippen molar-refractivity contribution in [3.8, 4) is 11.5 Å². The van der Waals surface area contributed by atoms with Crippen LogP contribution in [-0.4, -0.2) is 17.6 Å². The summed E-state index contributed by atoms with van der Waals surface area (Å²) in [4.78, 5) is 6.45. The van der Waals surface area contributed by atoms with Crippen molar-refractivity contribution in [2.45, 2.75) is 6.92 Å². The molecule has 1 atom stereocenters. The van der Waals surface area contributed by atoms with Gasteiger partial charge in [-0.1, -0.05) is 31.2 Å². The minimum Gasteiger partial charge on any atom is -0.508 e. The maximum absolute atomic E-state index is 8.75. The Bertz CT molecular complexity index is 670. The summed E-state index contributed by atoms with van der Waals surface area (Å²) >= 11 is 5.65. The van der Waals surface area contributed by atoms with Crippen molar-refractivity contribution >= 4 is 23.0 Å². The molecule has 118 valence electrons. The van der Waals surface area contributed by atoms with Crippen LogP contribution in [0.5, 0.6) is 11.5 Å². The molecule has 2 aromatic rings. The fourth-order valence-electron chi connectivity index (χ4n) is 1.43. The summed E-state index contributed by atoms with van der Waals surface area (Å²) < 4.78 is 5.47. The normalized spacial score (nSPS) is 10.4. The summed E-state index contributed by atoms with van der Waals surface area (Å²) in [5, 5.41) is 8.75. The van der Waals surface area contributed by atoms with Gasteiger partial charge in [0.15, 0.2) is 11.4 Å². The molecule has 0 amide bonds. The van der Waals surface area contributed by atoms with Gasteiger partial charge in [0.2, 0.25) is 0 Å². The molecule has 1 unspecified atom stereocenters. The van der Waals surface area contributed by atoms with Gasteiger partial charge in [0.1, 0.15) is 11.5 Å². The Morgan fingerprint density at radius 1 is 1.00 bits per heavy atom. The third-order valence-electron chi connectivity index (χ3n) is 2.74. The van der Waals surface area contributed by atoms with Gasteiger partial charge in [-0.2, -0.15) is 0 Å². The molecule has 0 aliphatic rings. The van der Waals surface area contributed by atoms with Crippen molar-refractivity contribution in [2.75, 3.05) is 12.5 Å². The van der Waals surface area contributed by atoms with E-state index in [2.05, 4.69) is 9.69 Å². The molecule has 1 N–H and O–H groups in total. The second-order valence-electron chi connectivity index (χ2n) is 4.80. The first-order valence-electron chi connectivity index (χ1n) is 6.91. The average Bonchev–Trinajstić information content (AvgIpc) is 2.61. The molecule has 2 rings (SSSR count). The molecular formula is C18H17ClN2O2. The molecule has 0 saturated carbocycles. The van der Waals surface area contributed by atoms with Gasteiger partial charge in [-0.05, 0) is 24.3 Å². The number of aromatic hydroxyl groups is 1. The molecule has 0 aliphatic carbocycles. The summed E-state index contributed by atoms with van der Waals surface area (Å²) in [6, 6.07) is 13.2. The zero-order valence-electron chi connectivity index (χ0n) is 12.7. The van der Waals surface area contributed by atoms with E-state index in [4.69, 9.17) is 34.6 Å². The van der Waals surface area contributed by atoms with E-state index in [1.807, 2.05) is 6.92 Å². The fourth-order valence-corrected chi connectivity index (χ4v) is 1.52. The van der Waals surface area contributed by atoms with Crippen LogP contribution < -0.4 is 4.74 Å². The first kappa shape index (κ1) is 18.4. The second kappa shape index (κ2) is 10.1. The second-order valence-corrected chi connectivity index (χ2v) is 5.11. The molecule has 0 saturated heterocycles. The maximum Gasteiger partial charge on any atom is 0.187 e. The lowest BCUT2D eigenvalue weighted by Gasteiger charge is -2.09. The number of halogens is 1. The Labute approximate surface area is 141 Å². The quantitative estimate of drug-likeness (QED) is 0.600. The number of rotatable bonds is 4. The van der Waals surface area contributed by atoms with Crippen LogP contribution in [0, 0.1) is 19.1 Å². The van der Waals surface area contributed by atoms with Crippen LogP contribution in [0.1, 0.15) is 6.92 Å². The van der Waals surface area contributed by atoms with E-state index in [-0.39, 0.29) is 5.75 Å². The zero-order chi connectivity index (χ0) is 17.1. The number of ether oxygens (including phenoxy) is 1. The van der Waals surface area contributed by atoms with Crippen LogP contribution >= 0.6 is 11.6 Å². The molecule has 2 aromatic carbocycles. The predicted molar refractivity (Wildman–Crippen MR) is 92.5 cm³/mol. The van der Waals surface area contributed by atoms with Crippen molar-refractivity contribution in [3.05, 3.63) is 71.4 Å². The molecule has 0 fully saturated rings. The van der Waals surface area contributed by atoms with Gasteiger partial charge >= 0.3 is 0 Å². The molecule has 0 spiro atoms. The van der Waals surface area contributed by atoms with Crippen LogP contribution in [0.3, 0.4) is 0 Å². The number of hydrogen-bond acceptors (Lipinski definition) is 2. The molecule has 0 heterocycles. The third-order valence-corrected chi connectivity index (χ3v) is 3.27. The van der Waals surface area contributed by atoms with Gasteiger partial charge in [0, 0.05) is 11.8 Å². The molecule has 4 nitrogen and oxygen atoms in total. The number of phenolic OH excluding ortho intramolecular Hbond substituents is 1. The van der Waals surface area contributed by atoms with Crippen LogP contribution in [0.2, 0.25) is 0 Å². The summed E-state index contributed by atoms with van der Waals surface area (Å²) in [5.41, 5.74) is 1.18. The van der Waals surface area contributed by atoms with Crippen molar-refractivity contribution < 1.29 is 9.84 Å². The highest BCUT2D eigenvalue weighted by molar-refractivity contribution is 6.18. The summed E-state index contributed by atoms with van der Waals surface area (Å²) in [6.07, 6.45) is 0. The van der Waals surface area contributed by atoms with Crippen molar-refractivity contribution in [3.63, 3.8) is 0 Å². The number of benzene rings is 2. The van der Waals surface area contributed by atoms with E-state index in [1.165, 1.54) is 12.1 Å². The van der Waals surface area contributed by atoms with Gasteiger partial charge in [-0.25, -0.2) is 9.69 Å².